The Morgan fingerprint density at radius 1 is 1.39 bits per heavy atom. The third-order valence-electron chi connectivity index (χ3n) is 3.75. The second-order valence-corrected chi connectivity index (χ2v) is 6.63. The van der Waals surface area contributed by atoms with Crippen molar-refractivity contribution in [1.29, 1.82) is 0 Å². The number of methoxy groups -OCH3 is 2. The number of nitrogen functional groups attached to an aromatic ring is 1. The van der Waals surface area contributed by atoms with E-state index in [-0.39, 0.29) is 18.2 Å². The number of anilines is 1. The number of nitrogens with one attached hydrogen (secondary N) is 1. The summed E-state index contributed by atoms with van der Waals surface area (Å²) in [5.41, 5.74) is 7.43. The van der Waals surface area contributed by atoms with E-state index >= 15 is 0 Å². The van der Waals surface area contributed by atoms with Crippen LogP contribution < -0.4 is 20.5 Å². The van der Waals surface area contributed by atoms with Gasteiger partial charge in [-0.15, -0.1) is 11.3 Å². The number of nitrogens with zero attached hydrogens (tertiary/aromatic N) is 1. The molecule has 0 aliphatic carbocycles. The van der Waals surface area contributed by atoms with Gasteiger partial charge < -0.3 is 20.5 Å². The number of hydrogen-bond acceptors (Lipinski definition) is 6. The fourth-order valence-electron chi connectivity index (χ4n) is 2.78. The van der Waals surface area contributed by atoms with Crippen LogP contribution in [0.3, 0.4) is 0 Å². The maximum atomic E-state index is 12.1. The Balaban J connectivity index is 2.19. The van der Waals surface area contributed by atoms with Crippen LogP contribution in [0.1, 0.15) is 28.5 Å². The molecule has 3 rings (SSSR count). The lowest BCUT2D eigenvalue weighted by Crippen LogP contribution is -2.21. The molecule has 8 heteroatoms. The van der Waals surface area contributed by atoms with Crippen molar-refractivity contribution in [3.63, 3.8) is 0 Å². The van der Waals surface area contributed by atoms with Crippen molar-refractivity contribution in [3.8, 4) is 11.5 Å². The zero-order valence-electron chi connectivity index (χ0n) is 12.7. The van der Waals surface area contributed by atoms with Gasteiger partial charge in [-0.25, -0.2) is 4.98 Å². The Morgan fingerprint density at radius 2 is 2.17 bits per heavy atom. The maximum Gasteiger partial charge on any atom is 0.221 e. The first-order valence-electron chi connectivity index (χ1n) is 6.96. The number of carbonyl (C=O) groups is 1. The minimum Gasteiger partial charge on any atom is -0.493 e. The van der Waals surface area contributed by atoms with Crippen LogP contribution in [0.2, 0.25) is 5.02 Å². The highest BCUT2D eigenvalue weighted by atomic mass is 35.5. The average Bonchev–Trinajstić information content (AvgIpc) is 2.83. The van der Waals surface area contributed by atoms with E-state index < -0.39 is 0 Å². The van der Waals surface area contributed by atoms with E-state index in [2.05, 4.69) is 10.3 Å². The minimum atomic E-state index is -0.232. The summed E-state index contributed by atoms with van der Waals surface area (Å²) in [7, 11) is 3.11. The molecule has 3 N–H and O–H groups in total. The van der Waals surface area contributed by atoms with Crippen LogP contribution in [0.25, 0.3) is 0 Å². The smallest absolute Gasteiger partial charge is 0.221 e. The summed E-state index contributed by atoms with van der Waals surface area (Å²) in [6.07, 6.45) is 0.272. The molecule has 2 aromatic rings. The summed E-state index contributed by atoms with van der Waals surface area (Å²) in [5, 5.41) is 3.83. The molecule has 1 aromatic carbocycles. The lowest BCUT2D eigenvalue weighted by molar-refractivity contribution is -0.121. The van der Waals surface area contributed by atoms with Crippen LogP contribution in [0, 0.1) is 0 Å². The van der Waals surface area contributed by atoms with Crippen molar-refractivity contribution in [2.45, 2.75) is 18.9 Å². The average molecular weight is 354 g/mol. The maximum absolute atomic E-state index is 12.1. The van der Waals surface area contributed by atoms with Crippen molar-refractivity contribution in [2.75, 3.05) is 20.0 Å². The minimum absolute atomic E-state index is 0.0558. The Hall–Kier alpha value is -1.99. The number of hydrogen-bond donors (Lipinski definition) is 2. The van der Waals surface area contributed by atoms with Gasteiger partial charge in [-0.05, 0) is 6.07 Å². The third-order valence-corrected chi connectivity index (χ3v) is 5.01. The fraction of sp³-hybridized carbons (Fsp3) is 0.333. The first kappa shape index (κ1) is 15.9. The molecule has 0 fully saturated rings. The van der Waals surface area contributed by atoms with Gasteiger partial charge >= 0.3 is 0 Å². The van der Waals surface area contributed by atoms with Crippen molar-refractivity contribution < 1.29 is 14.3 Å². The highest BCUT2D eigenvalue weighted by Gasteiger charge is 2.31. The number of aromatic nitrogens is 1. The van der Waals surface area contributed by atoms with E-state index in [9.17, 15) is 4.79 Å². The number of benzene rings is 1. The number of rotatable bonds is 3. The number of carbonyl (C=O) groups excluding carboxylic acids is 1. The van der Waals surface area contributed by atoms with Crippen molar-refractivity contribution in [2.24, 2.45) is 0 Å². The van der Waals surface area contributed by atoms with E-state index in [1.54, 1.807) is 26.4 Å². The summed E-state index contributed by atoms with van der Waals surface area (Å²) in [4.78, 5) is 17.4. The molecule has 122 valence electrons. The number of halogens is 1. The van der Waals surface area contributed by atoms with E-state index in [0.29, 0.717) is 28.2 Å². The molecule has 2 heterocycles. The van der Waals surface area contributed by atoms with Crippen LogP contribution in [-0.2, 0) is 11.3 Å². The Bertz CT molecular complexity index is 763. The van der Waals surface area contributed by atoms with Gasteiger partial charge in [0.1, 0.15) is 0 Å². The molecule has 0 saturated heterocycles. The van der Waals surface area contributed by atoms with Gasteiger partial charge in [0.25, 0.3) is 0 Å². The van der Waals surface area contributed by atoms with Gasteiger partial charge in [-0.3, -0.25) is 4.79 Å². The lowest BCUT2D eigenvalue weighted by atomic mass is 9.92. The third kappa shape index (κ3) is 2.94. The molecular formula is C15H16ClN3O3S. The van der Waals surface area contributed by atoms with Crippen LogP contribution in [0.15, 0.2) is 12.1 Å². The zero-order valence-corrected chi connectivity index (χ0v) is 14.3. The van der Waals surface area contributed by atoms with Gasteiger partial charge in [-0.2, -0.15) is 0 Å². The second kappa shape index (κ2) is 6.25. The number of thiazole rings is 1. The van der Waals surface area contributed by atoms with Crippen LogP contribution in [0.4, 0.5) is 5.13 Å². The van der Waals surface area contributed by atoms with Crippen LogP contribution in [-0.4, -0.2) is 25.1 Å². The summed E-state index contributed by atoms with van der Waals surface area (Å²) in [5.74, 6) is 0.804. The summed E-state index contributed by atoms with van der Waals surface area (Å²) in [6.45, 7) is 0.373. The predicted octanol–water partition coefficient (Wildman–Crippen LogP) is 2.55. The Labute approximate surface area is 142 Å². The first-order chi connectivity index (χ1) is 11.0. The molecule has 0 unspecified atom stereocenters. The quantitative estimate of drug-likeness (QED) is 0.885. The normalized spacial score (nSPS) is 17.2. The van der Waals surface area contributed by atoms with E-state index in [1.165, 1.54) is 11.3 Å². The largest absolute Gasteiger partial charge is 0.493 e. The van der Waals surface area contributed by atoms with Gasteiger partial charge in [0.15, 0.2) is 16.6 Å². The molecular weight excluding hydrogens is 338 g/mol. The van der Waals surface area contributed by atoms with E-state index in [1.807, 2.05) is 0 Å². The molecule has 0 bridgehead atoms. The van der Waals surface area contributed by atoms with Crippen molar-refractivity contribution in [1.82, 2.24) is 10.3 Å². The first-order valence-corrected chi connectivity index (χ1v) is 8.16. The van der Waals surface area contributed by atoms with Crippen LogP contribution >= 0.6 is 22.9 Å². The van der Waals surface area contributed by atoms with Gasteiger partial charge in [0.2, 0.25) is 5.91 Å². The molecule has 1 amide bonds. The molecule has 1 aliphatic rings. The molecule has 1 atom stereocenters. The summed E-state index contributed by atoms with van der Waals surface area (Å²) < 4.78 is 10.9. The van der Waals surface area contributed by atoms with Gasteiger partial charge in [-0.1, -0.05) is 11.6 Å². The lowest BCUT2D eigenvalue weighted by Gasteiger charge is -2.19. The molecule has 1 aromatic heterocycles. The molecule has 6 nitrogen and oxygen atoms in total. The van der Waals surface area contributed by atoms with E-state index in [0.717, 1.165) is 16.1 Å². The number of nitrogens with two attached hydrogens (primary N) is 1. The fourth-order valence-corrected chi connectivity index (χ4v) is 3.97. The molecule has 0 saturated carbocycles. The molecule has 0 spiro atoms. The summed E-state index contributed by atoms with van der Waals surface area (Å²) >= 11 is 7.60. The highest BCUT2D eigenvalue weighted by molar-refractivity contribution is 7.15. The topological polar surface area (TPSA) is 86.5 Å². The molecule has 23 heavy (non-hydrogen) atoms. The van der Waals surface area contributed by atoms with Gasteiger partial charge in [0.05, 0.1) is 26.5 Å². The highest BCUT2D eigenvalue weighted by Crippen LogP contribution is 2.45. The van der Waals surface area contributed by atoms with Crippen molar-refractivity contribution in [3.05, 3.63) is 33.3 Å². The number of ether oxygens (including phenoxy) is 2. The standard InChI is InChI=1S/C15H16ClN3O3S/c1-21-11-4-7(16)3-8(13(11)22-2)9-5-12(20)18-6-10-14(9)23-15(17)19-10/h3-4,9H,5-6H2,1-2H3,(H2,17,19)(H,18,20)/t9-/m1/s1. The van der Waals surface area contributed by atoms with E-state index in [4.69, 9.17) is 26.8 Å². The Kier molecular flexibility index (Phi) is 4.32. The molecule has 0 radical (unpaired) electrons. The monoisotopic (exact) mass is 353 g/mol. The molecule has 1 aliphatic heterocycles. The van der Waals surface area contributed by atoms with Gasteiger partial charge in [0, 0.05) is 33.9 Å². The SMILES string of the molecule is COc1cc(Cl)cc([C@H]2CC(=O)NCc3nc(N)sc32)c1OC. The second-order valence-electron chi connectivity index (χ2n) is 5.13. The number of fused-ring (bicyclic) bond motifs is 1. The zero-order chi connectivity index (χ0) is 16.6. The summed E-state index contributed by atoms with van der Waals surface area (Å²) in [6, 6.07) is 3.48. The predicted molar refractivity (Wildman–Crippen MR) is 89.4 cm³/mol. The number of amides is 1. The van der Waals surface area contributed by atoms with Crippen LogP contribution in [0.5, 0.6) is 11.5 Å². The Morgan fingerprint density at radius 3 is 2.87 bits per heavy atom. The van der Waals surface area contributed by atoms with Crippen molar-refractivity contribution >= 4 is 34.0 Å².